The van der Waals surface area contributed by atoms with Gasteiger partial charge in [-0.2, -0.15) is 10.4 Å². The first-order valence-corrected chi connectivity index (χ1v) is 6.15. The van der Waals surface area contributed by atoms with Crippen molar-refractivity contribution in [3.63, 3.8) is 0 Å². The predicted molar refractivity (Wildman–Crippen MR) is 73.2 cm³/mol. The highest BCUT2D eigenvalue weighted by molar-refractivity contribution is 5.90. The number of nitriles is 1. The zero-order valence-electron chi connectivity index (χ0n) is 10.8. The van der Waals surface area contributed by atoms with E-state index in [0.717, 1.165) is 29.6 Å². The Morgan fingerprint density at radius 3 is 3.06 bits per heavy atom. The lowest BCUT2D eigenvalue weighted by Crippen LogP contribution is -2.22. The van der Waals surface area contributed by atoms with Crippen LogP contribution in [0.25, 0.3) is 10.9 Å². The minimum absolute atomic E-state index is 0.113. The summed E-state index contributed by atoms with van der Waals surface area (Å²) in [6.07, 6.45) is 3.34. The van der Waals surface area contributed by atoms with Gasteiger partial charge in [0.25, 0.3) is 0 Å². The van der Waals surface area contributed by atoms with Crippen molar-refractivity contribution in [2.24, 2.45) is 5.41 Å². The molecule has 4 heteroatoms. The SMILES string of the molecule is CC(C)(CCC#N)CNc1cccc2[nH]ncc12. The van der Waals surface area contributed by atoms with Gasteiger partial charge in [-0.3, -0.25) is 5.10 Å². The zero-order chi connectivity index (χ0) is 13.0. The summed E-state index contributed by atoms with van der Waals surface area (Å²) in [4.78, 5) is 0. The largest absolute Gasteiger partial charge is 0.384 e. The van der Waals surface area contributed by atoms with Crippen LogP contribution in [0, 0.1) is 16.7 Å². The third-order valence-corrected chi connectivity index (χ3v) is 3.16. The molecule has 0 atom stereocenters. The van der Waals surface area contributed by atoms with Crippen molar-refractivity contribution < 1.29 is 0 Å². The van der Waals surface area contributed by atoms with E-state index in [2.05, 4.69) is 41.5 Å². The number of hydrogen-bond donors (Lipinski definition) is 2. The van der Waals surface area contributed by atoms with E-state index < -0.39 is 0 Å². The summed E-state index contributed by atoms with van der Waals surface area (Å²) < 4.78 is 0. The standard InChI is InChI=1S/C14H18N4/c1-14(2,7-4-8-15)10-16-12-5-3-6-13-11(12)9-17-18-13/h3,5-6,9,16H,4,7,10H2,1-2H3,(H,17,18). The van der Waals surface area contributed by atoms with E-state index in [-0.39, 0.29) is 5.41 Å². The number of hydrogen-bond acceptors (Lipinski definition) is 3. The molecule has 0 aliphatic rings. The van der Waals surface area contributed by atoms with Gasteiger partial charge in [-0.1, -0.05) is 19.9 Å². The molecule has 0 aliphatic carbocycles. The average Bonchev–Trinajstić information content (AvgIpc) is 2.82. The molecule has 0 saturated carbocycles. The molecule has 18 heavy (non-hydrogen) atoms. The van der Waals surface area contributed by atoms with Crippen molar-refractivity contribution in [2.45, 2.75) is 26.7 Å². The Bertz CT molecular complexity index is 562. The molecule has 0 amide bonds. The van der Waals surface area contributed by atoms with Crippen LogP contribution >= 0.6 is 0 Å². The molecule has 0 fully saturated rings. The molecule has 4 nitrogen and oxygen atoms in total. The van der Waals surface area contributed by atoms with Crippen LogP contribution in [0.5, 0.6) is 0 Å². The molecular weight excluding hydrogens is 224 g/mol. The highest BCUT2D eigenvalue weighted by Gasteiger charge is 2.17. The highest BCUT2D eigenvalue weighted by Crippen LogP contribution is 2.26. The number of aromatic nitrogens is 2. The third-order valence-electron chi connectivity index (χ3n) is 3.16. The van der Waals surface area contributed by atoms with Crippen molar-refractivity contribution in [1.82, 2.24) is 10.2 Å². The fourth-order valence-corrected chi connectivity index (χ4v) is 1.94. The quantitative estimate of drug-likeness (QED) is 0.845. The number of nitrogens with zero attached hydrogens (tertiary/aromatic N) is 2. The Morgan fingerprint density at radius 2 is 2.28 bits per heavy atom. The Morgan fingerprint density at radius 1 is 1.44 bits per heavy atom. The van der Waals surface area contributed by atoms with Crippen LogP contribution in [0.15, 0.2) is 24.4 Å². The Kier molecular flexibility index (Phi) is 3.52. The second kappa shape index (κ2) is 5.09. The normalized spacial score (nSPS) is 11.4. The maximum atomic E-state index is 8.65. The van der Waals surface area contributed by atoms with E-state index >= 15 is 0 Å². The maximum Gasteiger partial charge on any atom is 0.0671 e. The summed E-state index contributed by atoms with van der Waals surface area (Å²) in [6.45, 7) is 5.19. The number of nitrogens with one attached hydrogen (secondary N) is 2. The molecule has 94 valence electrons. The monoisotopic (exact) mass is 242 g/mol. The van der Waals surface area contributed by atoms with Crippen molar-refractivity contribution >= 4 is 16.6 Å². The van der Waals surface area contributed by atoms with Crippen LogP contribution in [0.2, 0.25) is 0 Å². The lowest BCUT2D eigenvalue weighted by molar-refractivity contribution is 0.364. The summed E-state index contributed by atoms with van der Waals surface area (Å²) in [5.41, 5.74) is 2.24. The number of H-pyrrole nitrogens is 1. The minimum atomic E-state index is 0.113. The summed E-state index contributed by atoms with van der Waals surface area (Å²) in [5, 5.41) is 20.2. The first-order valence-electron chi connectivity index (χ1n) is 6.15. The summed E-state index contributed by atoms with van der Waals surface area (Å²) >= 11 is 0. The molecule has 0 unspecified atom stereocenters. The van der Waals surface area contributed by atoms with E-state index in [1.54, 1.807) is 0 Å². The maximum absolute atomic E-state index is 8.65. The van der Waals surface area contributed by atoms with Gasteiger partial charge < -0.3 is 5.32 Å². The first kappa shape index (κ1) is 12.4. The number of aromatic amines is 1. The molecule has 0 saturated heterocycles. The Balaban J connectivity index is 2.06. The summed E-state index contributed by atoms with van der Waals surface area (Å²) in [5.74, 6) is 0. The number of benzene rings is 1. The van der Waals surface area contributed by atoms with Gasteiger partial charge >= 0.3 is 0 Å². The molecule has 0 spiro atoms. The van der Waals surface area contributed by atoms with Gasteiger partial charge in [0, 0.05) is 24.0 Å². The van der Waals surface area contributed by atoms with Crippen LogP contribution in [-0.4, -0.2) is 16.7 Å². The molecular formula is C14H18N4. The second-order valence-corrected chi connectivity index (χ2v) is 5.31. The van der Waals surface area contributed by atoms with E-state index in [1.807, 2.05) is 18.3 Å². The second-order valence-electron chi connectivity index (χ2n) is 5.31. The van der Waals surface area contributed by atoms with Crippen LogP contribution in [0.3, 0.4) is 0 Å². The van der Waals surface area contributed by atoms with Crippen LogP contribution in [-0.2, 0) is 0 Å². The molecule has 1 aromatic heterocycles. The van der Waals surface area contributed by atoms with Crippen LogP contribution < -0.4 is 5.32 Å². The summed E-state index contributed by atoms with van der Waals surface area (Å²) in [7, 11) is 0. The fourth-order valence-electron chi connectivity index (χ4n) is 1.94. The number of fused-ring (bicyclic) bond motifs is 1. The first-order chi connectivity index (χ1) is 8.62. The van der Waals surface area contributed by atoms with Gasteiger partial charge in [0.1, 0.15) is 0 Å². The molecule has 0 bridgehead atoms. The molecule has 1 heterocycles. The van der Waals surface area contributed by atoms with Gasteiger partial charge in [-0.05, 0) is 24.0 Å². The minimum Gasteiger partial charge on any atom is -0.384 e. The van der Waals surface area contributed by atoms with Gasteiger partial charge in [0.15, 0.2) is 0 Å². The van der Waals surface area contributed by atoms with E-state index in [0.29, 0.717) is 6.42 Å². The summed E-state index contributed by atoms with van der Waals surface area (Å²) in [6, 6.07) is 8.27. The predicted octanol–water partition coefficient (Wildman–Crippen LogP) is 3.30. The zero-order valence-corrected chi connectivity index (χ0v) is 10.8. The average molecular weight is 242 g/mol. The van der Waals surface area contributed by atoms with Crippen molar-refractivity contribution in [1.29, 1.82) is 5.26 Å². The smallest absolute Gasteiger partial charge is 0.0671 e. The molecule has 0 aliphatic heterocycles. The van der Waals surface area contributed by atoms with Crippen molar-refractivity contribution in [3.05, 3.63) is 24.4 Å². The molecule has 2 rings (SSSR count). The van der Waals surface area contributed by atoms with Gasteiger partial charge in [-0.15, -0.1) is 0 Å². The van der Waals surface area contributed by atoms with Crippen molar-refractivity contribution in [3.8, 4) is 6.07 Å². The van der Waals surface area contributed by atoms with Gasteiger partial charge in [0.05, 0.1) is 17.8 Å². The number of anilines is 1. The molecule has 1 aromatic carbocycles. The topological polar surface area (TPSA) is 64.5 Å². The lowest BCUT2D eigenvalue weighted by Gasteiger charge is -2.24. The molecule has 2 N–H and O–H groups in total. The van der Waals surface area contributed by atoms with Gasteiger partial charge in [-0.25, -0.2) is 0 Å². The molecule has 0 radical (unpaired) electrons. The van der Waals surface area contributed by atoms with E-state index in [1.165, 1.54) is 0 Å². The highest BCUT2D eigenvalue weighted by atomic mass is 15.1. The number of rotatable bonds is 5. The molecule has 2 aromatic rings. The third kappa shape index (κ3) is 2.80. The van der Waals surface area contributed by atoms with Crippen LogP contribution in [0.4, 0.5) is 5.69 Å². The van der Waals surface area contributed by atoms with Crippen molar-refractivity contribution in [2.75, 3.05) is 11.9 Å². The van der Waals surface area contributed by atoms with E-state index in [4.69, 9.17) is 5.26 Å². The van der Waals surface area contributed by atoms with Gasteiger partial charge in [0.2, 0.25) is 0 Å². The van der Waals surface area contributed by atoms with Crippen LogP contribution in [0.1, 0.15) is 26.7 Å². The Labute approximate surface area is 107 Å². The fraction of sp³-hybridized carbons (Fsp3) is 0.429. The Hall–Kier alpha value is -2.02. The lowest BCUT2D eigenvalue weighted by atomic mass is 9.88. The van der Waals surface area contributed by atoms with E-state index in [9.17, 15) is 0 Å².